The van der Waals surface area contributed by atoms with Gasteiger partial charge in [0.15, 0.2) is 15.7 Å². The summed E-state index contributed by atoms with van der Waals surface area (Å²) in [6.07, 6.45) is 4.47. The van der Waals surface area contributed by atoms with Crippen LogP contribution in [0.25, 0.3) is 10.7 Å². The number of rotatable bonds is 2. The summed E-state index contributed by atoms with van der Waals surface area (Å²) in [7, 11) is 1.92. The maximum atomic E-state index is 5.14. The molecular weight excluding hydrogens is 278 g/mol. The highest BCUT2D eigenvalue weighted by molar-refractivity contribution is 7.71. The molecule has 3 heterocycles. The first-order chi connectivity index (χ1) is 9.15. The molecule has 7 heteroatoms. The Bertz CT molecular complexity index is 626. The van der Waals surface area contributed by atoms with Gasteiger partial charge in [0.25, 0.3) is 0 Å². The number of hydrogen-bond acceptors (Lipinski definition) is 5. The zero-order chi connectivity index (χ0) is 13.4. The van der Waals surface area contributed by atoms with Crippen molar-refractivity contribution in [1.82, 2.24) is 19.7 Å². The van der Waals surface area contributed by atoms with Gasteiger partial charge in [0.1, 0.15) is 0 Å². The minimum Gasteiger partial charge on any atom is -0.348 e. The summed E-state index contributed by atoms with van der Waals surface area (Å²) in [5.41, 5.74) is 0. The highest BCUT2D eigenvalue weighted by Gasteiger charge is 2.20. The summed E-state index contributed by atoms with van der Waals surface area (Å²) in [5.74, 6) is 1.61. The average Bonchev–Trinajstić information content (AvgIpc) is 2.98. The smallest absolute Gasteiger partial charge is 0.195 e. The second kappa shape index (κ2) is 5.05. The van der Waals surface area contributed by atoms with E-state index in [1.165, 1.54) is 12.8 Å². The lowest BCUT2D eigenvalue weighted by atomic mass is 10.0. The first kappa shape index (κ1) is 12.8. The van der Waals surface area contributed by atoms with Gasteiger partial charge in [-0.15, -0.1) is 0 Å². The van der Waals surface area contributed by atoms with Crippen molar-refractivity contribution in [3.8, 4) is 10.7 Å². The molecule has 0 saturated carbocycles. The van der Waals surface area contributed by atoms with E-state index < -0.39 is 0 Å². The fourth-order valence-electron chi connectivity index (χ4n) is 2.44. The maximum absolute atomic E-state index is 5.14. The van der Waals surface area contributed by atoms with Crippen molar-refractivity contribution in [1.29, 1.82) is 0 Å². The molecule has 3 rings (SSSR count). The molecule has 1 atom stereocenters. The fourth-order valence-corrected chi connectivity index (χ4v) is 3.55. The predicted octanol–water partition coefficient (Wildman–Crippen LogP) is 2.84. The summed E-state index contributed by atoms with van der Waals surface area (Å²) in [6, 6.07) is 0. The maximum Gasteiger partial charge on any atom is 0.195 e. The van der Waals surface area contributed by atoms with Crippen molar-refractivity contribution in [3.05, 3.63) is 11.0 Å². The second-order valence-corrected chi connectivity index (χ2v) is 6.51. The van der Waals surface area contributed by atoms with E-state index in [9.17, 15) is 0 Å². The molecule has 5 nitrogen and oxygen atoms in total. The summed E-state index contributed by atoms with van der Waals surface area (Å²) in [6.45, 7) is 4.51. The number of H-pyrrole nitrogens is 1. The highest BCUT2D eigenvalue weighted by atomic mass is 32.1. The third-order valence-electron chi connectivity index (χ3n) is 3.52. The van der Waals surface area contributed by atoms with Gasteiger partial charge in [0, 0.05) is 20.1 Å². The molecule has 0 aliphatic carbocycles. The molecule has 1 aliphatic heterocycles. The molecule has 1 fully saturated rings. The molecule has 1 N–H and O–H groups in total. The predicted molar refractivity (Wildman–Crippen MR) is 80.1 cm³/mol. The largest absolute Gasteiger partial charge is 0.348 e. The average molecular weight is 295 g/mol. The number of nitrogens with one attached hydrogen (secondary N) is 1. The van der Waals surface area contributed by atoms with Gasteiger partial charge >= 0.3 is 0 Å². The monoisotopic (exact) mass is 295 g/mol. The van der Waals surface area contributed by atoms with Crippen LogP contribution in [0.15, 0.2) is 6.20 Å². The summed E-state index contributed by atoms with van der Waals surface area (Å²) in [5, 5.41) is 8.16. The summed E-state index contributed by atoms with van der Waals surface area (Å²) < 4.78 is 2.52. The van der Waals surface area contributed by atoms with Gasteiger partial charge in [-0.2, -0.15) is 5.10 Å². The molecule has 2 aromatic rings. The molecule has 1 unspecified atom stereocenters. The fraction of sp³-hybridized carbons (Fsp3) is 0.583. The van der Waals surface area contributed by atoms with Crippen LogP contribution in [0, 0.1) is 10.7 Å². The number of anilines is 1. The molecule has 0 bridgehead atoms. The van der Waals surface area contributed by atoms with Gasteiger partial charge in [-0.25, -0.2) is 4.98 Å². The van der Waals surface area contributed by atoms with Gasteiger partial charge in [-0.1, -0.05) is 18.3 Å². The molecule has 0 amide bonds. The lowest BCUT2D eigenvalue weighted by Crippen LogP contribution is -2.34. The number of hydrogen-bond donors (Lipinski definition) is 1. The molecule has 1 aliphatic rings. The number of aromatic amines is 1. The van der Waals surface area contributed by atoms with E-state index in [-0.39, 0.29) is 0 Å². The highest BCUT2D eigenvalue weighted by Crippen LogP contribution is 2.31. The Labute approximate surface area is 121 Å². The van der Waals surface area contributed by atoms with E-state index in [1.54, 1.807) is 11.3 Å². The summed E-state index contributed by atoms with van der Waals surface area (Å²) >= 11 is 6.83. The SMILES string of the molecule is CC1CCCN(c2ncc(-c3n[nH]c(=S)n3C)s2)C1. The Balaban J connectivity index is 1.87. The van der Waals surface area contributed by atoms with Crippen LogP contribution < -0.4 is 4.90 Å². The minimum absolute atomic E-state index is 0.636. The van der Waals surface area contributed by atoms with Crippen molar-refractivity contribution in [2.45, 2.75) is 19.8 Å². The molecular formula is C12H17N5S2. The first-order valence-electron chi connectivity index (χ1n) is 6.47. The van der Waals surface area contributed by atoms with E-state index in [4.69, 9.17) is 12.2 Å². The van der Waals surface area contributed by atoms with Crippen LogP contribution in [0.4, 0.5) is 5.13 Å². The van der Waals surface area contributed by atoms with Crippen LogP contribution >= 0.6 is 23.6 Å². The number of thiazole rings is 1. The molecule has 0 radical (unpaired) electrons. The van der Waals surface area contributed by atoms with Crippen LogP contribution in [-0.4, -0.2) is 32.8 Å². The van der Waals surface area contributed by atoms with Crippen molar-refractivity contribution < 1.29 is 0 Å². The van der Waals surface area contributed by atoms with Crippen LogP contribution in [0.3, 0.4) is 0 Å². The quantitative estimate of drug-likeness (QED) is 0.866. The molecule has 1 saturated heterocycles. The number of nitrogens with zero attached hydrogens (tertiary/aromatic N) is 4. The lowest BCUT2D eigenvalue weighted by Gasteiger charge is -2.30. The van der Waals surface area contributed by atoms with Crippen molar-refractivity contribution in [2.75, 3.05) is 18.0 Å². The zero-order valence-corrected chi connectivity index (χ0v) is 12.7. The Morgan fingerprint density at radius 2 is 2.37 bits per heavy atom. The normalized spacial score (nSPS) is 19.9. The standard InChI is InChI=1S/C12H17N5S2/c1-8-4-3-5-17(7-8)12-13-6-9(19-12)10-14-15-11(18)16(10)2/h6,8H,3-5,7H2,1-2H3,(H,15,18). The van der Waals surface area contributed by atoms with E-state index in [0.29, 0.717) is 4.77 Å². The lowest BCUT2D eigenvalue weighted by molar-refractivity contribution is 0.446. The van der Waals surface area contributed by atoms with Gasteiger partial charge in [0.2, 0.25) is 0 Å². The second-order valence-electron chi connectivity index (χ2n) is 5.11. The number of aromatic nitrogens is 4. The van der Waals surface area contributed by atoms with E-state index in [0.717, 1.165) is 34.8 Å². The Morgan fingerprint density at radius 3 is 3.05 bits per heavy atom. The van der Waals surface area contributed by atoms with Gasteiger partial charge in [-0.3, -0.25) is 5.10 Å². The molecule has 19 heavy (non-hydrogen) atoms. The minimum atomic E-state index is 0.636. The summed E-state index contributed by atoms with van der Waals surface area (Å²) in [4.78, 5) is 7.98. The molecule has 2 aromatic heterocycles. The van der Waals surface area contributed by atoms with Crippen LogP contribution in [-0.2, 0) is 7.05 Å². The van der Waals surface area contributed by atoms with Crippen molar-refractivity contribution in [3.63, 3.8) is 0 Å². The molecule has 0 aromatic carbocycles. The third-order valence-corrected chi connectivity index (χ3v) is 4.94. The third kappa shape index (κ3) is 2.44. The first-order valence-corrected chi connectivity index (χ1v) is 7.70. The zero-order valence-electron chi connectivity index (χ0n) is 11.1. The Morgan fingerprint density at radius 1 is 1.53 bits per heavy atom. The van der Waals surface area contributed by atoms with E-state index >= 15 is 0 Å². The van der Waals surface area contributed by atoms with Crippen molar-refractivity contribution >= 4 is 28.7 Å². The molecule has 0 spiro atoms. The van der Waals surface area contributed by atoms with Crippen LogP contribution in [0.5, 0.6) is 0 Å². The van der Waals surface area contributed by atoms with E-state index in [1.807, 2.05) is 17.8 Å². The Hall–Kier alpha value is -1.21. The van der Waals surface area contributed by atoms with Crippen LogP contribution in [0.1, 0.15) is 19.8 Å². The topological polar surface area (TPSA) is 49.7 Å². The van der Waals surface area contributed by atoms with Gasteiger partial charge < -0.3 is 9.47 Å². The van der Waals surface area contributed by atoms with E-state index in [2.05, 4.69) is 27.0 Å². The number of piperidine rings is 1. The van der Waals surface area contributed by atoms with Crippen LogP contribution in [0.2, 0.25) is 0 Å². The molecule has 102 valence electrons. The van der Waals surface area contributed by atoms with Gasteiger partial charge in [0.05, 0.1) is 11.1 Å². The van der Waals surface area contributed by atoms with Gasteiger partial charge in [-0.05, 0) is 31.0 Å². The van der Waals surface area contributed by atoms with Crippen molar-refractivity contribution in [2.24, 2.45) is 13.0 Å². The Kier molecular flexibility index (Phi) is 3.40.